The molecule has 1 aliphatic heterocycles. The van der Waals surface area contributed by atoms with Gasteiger partial charge in [-0.25, -0.2) is 9.18 Å². The Balaban J connectivity index is 1.82. The zero-order valence-corrected chi connectivity index (χ0v) is 13.9. The van der Waals surface area contributed by atoms with Gasteiger partial charge in [-0.3, -0.25) is 4.79 Å². The van der Waals surface area contributed by atoms with Crippen molar-refractivity contribution in [2.24, 2.45) is 11.8 Å². The molecule has 0 radical (unpaired) electrons. The number of amides is 2. The van der Waals surface area contributed by atoms with Crippen molar-refractivity contribution in [2.45, 2.75) is 26.4 Å². The predicted molar refractivity (Wildman–Crippen MR) is 86.4 cm³/mol. The van der Waals surface area contributed by atoms with E-state index >= 15 is 0 Å². The summed E-state index contributed by atoms with van der Waals surface area (Å²) >= 11 is 0. The molecule has 0 aromatic heterocycles. The molecule has 2 amide bonds. The molecule has 0 saturated carbocycles. The van der Waals surface area contributed by atoms with Gasteiger partial charge >= 0.3 is 12.0 Å². The molecule has 3 atom stereocenters. The second-order valence-corrected chi connectivity index (χ2v) is 6.35. The number of urea groups is 1. The maximum atomic E-state index is 13.1. The summed E-state index contributed by atoms with van der Waals surface area (Å²) in [6, 6.07) is 5.50. The summed E-state index contributed by atoms with van der Waals surface area (Å²) in [6.45, 7) is 4.70. The number of carbonyl (C=O) groups excluding carboxylic acids is 1. The molecule has 7 heteroatoms. The van der Waals surface area contributed by atoms with Crippen LogP contribution in [0, 0.1) is 17.7 Å². The number of likely N-dealkylation sites (tertiary alicyclic amines) is 1. The number of piperidine rings is 1. The van der Waals surface area contributed by atoms with Gasteiger partial charge in [0.2, 0.25) is 0 Å². The van der Waals surface area contributed by atoms with Crippen LogP contribution in [0.2, 0.25) is 0 Å². The number of halogens is 1. The Morgan fingerprint density at radius 2 is 2.21 bits per heavy atom. The lowest BCUT2D eigenvalue weighted by atomic mass is 9.91. The topological polar surface area (TPSA) is 78.9 Å². The van der Waals surface area contributed by atoms with Crippen LogP contribution in [0.1, 0.15) is 20.3 Å². The maximum absolute atomic E-state index is 13.1. The number of aliphatic carboxylic acids is 1. The average Bonchev–Trinajstić information content (AvgIpc) is 2.52. The number of benzene rings is 1. The molecule has 132 valence electrons. The summed E-state index contributed by atoms with van der Waals surface area (Å²) in [6.07, 6.45) is 0.242. The molecule has 24 heavy (non-hydrogen) atoms. The predicted octanol–water partition coefficient (Wildman–Crippen LogP) is 2.35. The van der Waals surface area contributed by atoms with E-state index in [9.17, 15) is 14.0 Å². The number of carboxylic acids is 1. The Kier molecular flexibility index (Phi) is 6.00. The van der Waals surface area contributed by atoms with Crippen LogP contribution in [0.4, 0.5) is 9.18 Å². The minimum Gasteiger partial charge on any atom is -0.489 e. The van der Waals surface area contributed by atoms with Crippen LogP contribution >= 0.6 is 0 Å². The summed E-state index contributed by atoms with van der Waals surface area (Å²) in [5.41, 5.74) is 0. The van der Waals surface area contributed by atoms with Gasteiger partial charge in [0.25, 0.3) is 0 Å². The second-order valence-electron chi connectivity index (χ2n) is 6.35. The van der Waals surface area contributed by atoms with Crippen LogP contribution in [-0.2, 0) is 4.79 Å². The Hall–Kier alpha value is -2.31. The number of carboxylic acid groups (broad SMARTS) is 1. The number of rotatable bonds is 5. The van der Waals surface area contributed by atoms with E-state index < -0.39 is 11.9 Å². The summed E-state index contributed by atoms with van der Waals surface area (Å²) in [4.78, 5) is 24.9. The molecule has 2 N–H and O–H groups in total. The van der Waals surface area contributed by atoms with Crippen LogP contribution in [0.15, 0.2) is 24.3 Å². The normalized spacial score (nSPS) is 21.9. The van der Waals surface area contributed by atoms with Gasteiger partial charge < -0.3 is 20.1 Å². The fraction of sp³-hybridized carbons (Fsp3) is 0.529. The highest BCUT2D eigenvalue weighted by atomic mass is 19.1. The molecule has 1 aromatic carbocycles. The van der Waals surface area contributed by atoms with Gasteiger partial charge in [0, 0.05) is 19.2 Å². The van der Waals surface area contributed by atoms with Gasteiger partial charge in [-0.2, -0.15) is 0 Å². The lowest BCUT2D eigenvalue weighted by molar-refractivity contribution is -0.143. The first-order valence-corrected chi connectivity index (χ1v) is 8.03. The third kappa shape index (κ3) is 5.11. The van der Waals surface area contributed by atoms with Gasteiger partial charge in [0.15, 0.2) is 0 Å². The summed E-state index contributed by atoms with van der Waals surface area (Å²) in [5.74, 6) is -1.24. The van der Waals surface area contributed by atoms with Crippen LogP contribution in [0.25, 0.3) is 0 Å². The quantitative estimate of drug-likeness (QED) is 0.864. The maximum Gasteiger partial charge on any atom is 0.317 e. The number of nitrogens with zero attached hydrogens (tertiary/aromatic N) is 1. The minimum absolute atomic E-state index is 0.145. The monoisotopic (exact) mass is 338 g/mol. The van der Waals surface area contributed by atoms with E-state index in [2.05, 4.69) is 5.32 Å². The van der Waals surface area contributed by atoms with Crippen LogP contribution < -0.4 is 10.1 Å². The first-order chi connectivity index (χ1) is 11.3. The SMILES string of the molecule is CC1CC(C(=O)O)CN(C(=O)NCC(C)Oc2cccc(F)c2)C1. The molecule has 3 unspecified atom stereocenters. The number of ether oxygens (including phenoxy) is 1. The van der Waals surface area contributed by atoms with Gasteiger partial charge in [-0.1, -0.05) is 13.0 Å². The Bertz CT molecular complexity index is 596. The van der Waals surface area contributed by atoms with Crippen LogP contribution in [-0.4, -0.2) is 47.7 Å². The van der Waals surface area contributed by atoms with E-state index in [0.29, 0.717) is 18.7 Å². The highest BCUT2D eigenvalue weighted by Crippen LogP contribution is 2.21. The Labute approximate surface area is 140 Å². The molecule has 0 aliphatic carbocycles. The first kappa shape index (κ1) is 18.0. The standard InChI is InChI=1S/C17H23FN2O4/c1-11-6-13(16(21)22)10-20(9-11)17(23)19-8-12(2)24-15-5-3-4-14(18)7-15/h3-5,7,11-13H,6,8-10H2,1-2H3,(H,19,23)(H,21,22). The molecule has 1 aromatic rings. The largest absolute Gasteiger partial charge is 0.489 e. The van der Waals surface area contributed by atoms with E-state index in [1.807, 2.05) is 6.92 Å². The molecule has 0 spiro atoms. The molecule has 2 rings (SSSR count). The highest BCUT2D eigenvalue weighted by Gasteiger charge is 2.31. The lowest BCUT2D eigenvalue weighted by Gasteiger charge is -2.34. The van der Waals surface area contributed by atoms with Crippen molar-refractivity contribution in [3.8, 4) is 5.75 Å². The van der Waals surface area contributed by atoms with Crippen LogP contribution in [0.5, 0.6) is 5.75 Å². The summed E-state index contributed by atoms with van der Waals surface area (Å²) in [7, 11) is 0. The van der Waals surface area contributed by atoms with E-state index in [4.69, 9.17) is 9.84 Å². The van der Waals surface area contributed by atoms with Crippen molar-refractivity contribution in [3.63, 3.8) is 0 Å². The summed E-state index contributed by atoms with van der Waals surface area (Å²) < 4.78 is 18.7. The zero-order chi connectivity index (χ0) is 17.7. The minimum atomic E-state index is -0.873. The van der Waals surface area contributed by atoms with Crippen LogP contribution in [0.3, 0.4) is 0 Å². The van der Waals surface area contributed by atoms with E-state index in [-0.39, 0.29) is 37.0 Å². The third-order valence-electron chi connectivity index (χ3n) is 3.97. The Morgan fingerprint density at radius 3 is 2.88 bits per heavy atom. The van der Waals surface area contributed by atoms with Crippen molar-refractivity contribution >= 4 is 12.0 Å². The van der Waals surface area contributed by atoms with Gasteiger partial charge in [-0.15, -0.1) is 0 Å². The van der Waals surface area contributed by atoms with E-state index in [1.165, 1.54) is 17.0 Å². The molecule has 0 bridgehead atoms. The van der Waals surface area contributed by atoms with Crippen molar-refractivity contribution in [2.75, 3.05) is 19.6 Å². The van der Waals surface area contributed by atoms with Crippen molar-refractivity contribution in [3.05, 3.63) is 30.1 Å². The van der Waals surface area contributed by atoms with Crippen molar-refractivity contribution in [1.82, 2.24) is 10.2 Å². The van der Waals surface area contributed by atoms with Crippen molar-refractivity contribution in [1.29, 1.82) is 0 Å². The Morgan fingerprint density at radius 1 is 1.46 bits per heavy atom. The molecular weight excluding hydrogens is 315 g/mol. The van der Waals surface area contributed by atoms with Crippen molar-refractivity contribution < 1.29 is 23.8 Å². The number of hydrogen-bond acceptors (Lipinski definition) is 3. The average molecular weight is 338 g/mol. The second kappa shape index (κ2) is 7.99. The van der Waals surface area contributed by atoms with Gasteiger partial charge in [0.05, 0.1) is 12.5 Å². The fourth-order valence-corrected chi connectivity index (χ4v) is 2.85. The molecule has 1 heterocycles. The third-order valence-corrected chi connectivity index (χ3v) is 3.97. The molecular formula is C17H23FN2O4. The smallest absolute Gasteiger partial charge is 0.317 e. The zero-order valence-electron chi connectivity index (χ0n) is 13.9. The van der Waals surface area contributed by atoms with Gasteiger partial charge in [-0.05, 0) is 31.4 Å². The molecule has 1 aliphatic rings. The van der Waals surface area contributed by atoms with E-state index in [0.717, 1.165) is 0 Å². The van der Waals surface area contributed by atoms with E-state index in [1.54, 1.807) is 19.1 Å². The lowest BCUT2D eigenvalue weighted by Crippen LogP contribution is -2.50. The number of carbonyl (C=O) groups is 2. The fourth-order valence-electron chi connectivity index (χ4n) is 2.85. The molecule has 1 fully saturated rings. The number of nitrogens with one attached hydrogen (secondary N) is 1. The summed E-state index contributed by atoms with van der Waals surface area (Å²) in [5, 5.41) is 11.9. The molecule has 6 nitrogen and oxygen atoms in total. The van der Waals surface area contributed by atoms with Gasteiger partial charge in [0.1, 0.15) is 17.7 Å². The first-order valence-electron chi connectivity index (χ1n) is 8.03. The highest BCUT2D eigenvalue weighted by molar-refractivity contribution is 5.76. The molecule has 1 saturated heterocycles. The number of hydrogen-bond donors (Lipinski definition) is 2.